The number of hydrogen-bond donors (Lipinski definition) is 1. The molecule has 1 aromatic heterocycles. The van der Waals surface area contributed by atoms with E-state index in [1.165, 1.54) is 12.8 Å². The molecule has 3 rings (SSSR count). The summed E-state index contributed by atoms with van der Waals surface area (Å²) >= 11 is 0. The van der Waals surface area contributed by atoms with Gasteiger partial charge in [0.2, 0.25) is 5.89 Å². The molecule has 5 nitrogen and oxygen atoms in total. The van der Waals surface area contributed by atoms with Gasteiger partial charge in [-0.1, -0.05) is 5.16 Å². The lowest BCUT2D eigenvalue weighted by Gasteiger charge is -2.24. The van der Waals surface area contributed by atoms with Crippen molar-refractivity contribution in [3.05, 3.63) is 11.7 Å². The minimum Gasteiger partial charge on any atom is -0.394 e. The fraction of sp³-hybridized carbons (Fsp3) is 0.818. The molecule has 1 heterocycles. The van der Waals surface area contributed by atoms with E-state index in [1.54, 1.807) is 0 Å². The highest BCUT2D eigenvalue weighted by molar-refractivity contribution is 5.05. The molecule has 0 bridgehead atoms. The summed E-state index contributed by atoms with van der Waals surface area (Å²) in [7, 11) is 2.01. The van der Waals surface area contributed by atoms with Crippen LogP contribution in [0.5, 0.6) is 0 Å². The second-order valence-corrected chi connectivity index (χ2v) is 5.06. The molecule has 2 fully saturated rings. The topological polar surface area (TPSA) is 62.4 Å². The maximum Gasteiger partial charge on any atom is 0.229 e. The number of aromatic nitrogens is 2. The molecule has 5 heteroatoms. The van der Waals surface area contributed by atoms with Crippen LogP contribution in [0.2, 0.25) is 0 Å². The van der Waals surface area contributed by atoms with E-state index in [-0.39, 0.29) is 12.1 Å². The van der Waals surface area contributed by atoms with Crippen LogP contribution in [-0.4, -0.2) is 39.3 Å². The molecule has 16 heavy (non-hydrogen) atoms. The second-order valence-electron chi connectivity index (χ2n) is 5.06. The van der Waals surface area contributed by atoms with Gasteiger partial charge in [-0.25, -0.2) is 0 Å². The highest BCUT2D eigenvalue weighted by atomic mass is 16.5. The first kappa shape index (κ1) is 10.2. The van der Waals surface area contributed by atoms with E-state index in [2.05, 4.69) is 15.0 Å². The standard InChI is InChI=1S/C11H17N3O2/c1-14(11(7-15)4-5-11)6-9-12-10(16-13-9)8-2-3-8/h8,15H,2-7H2,1H3. The van der Waals surface area contributed by atoms with E-state index in [9.17, 15) is 5.11 Å². The Morgan fingerprint density at radius 1 is 1.50 bits per heavy atom. The maximum atomic E-state index is 9.30. The first-order valence-electron chi connectivity index (χ1n) is 5.88. The Bertz CT molecular complexity index is 382. The summed E-state index contributed by atoms with van der Waals surface area (Å²) in [5.74, 6) is 2.04. The number of aliphatic hydroxyl groups is 1. The number of likely N-dealkylation sites (N-methyl/N-ethyl adjacent to an activating group) is 1. The summed E-state index contributed by atoms with van der Waals surface area (Å²) in [4.78, 5) is 6.52. The number of rotatable bonds is 5. The van der Waals surface area contributed by atoms with Gasteiger partial charge in [-0.3, -0.25) is 4.90 Å². The predicted molar refractivity (Wildman–Crippen MR) is 56.8 cm³/mol. The van der Waals surface area contributed by atoms with E-state index < -0.39 is 0 Å². The lowest BCUT2D eigenvalue weighted by molar-refractivity contribution is 0.120. The lowest BCUT2D eigenvalue weighted by atomic mass is 10.2. The Kier molecular flexibility index (Phi) is 2.26. The third-order valence-electron chi connectivity index (χ3n) is 3.72. The predicted octanol–water partition coefficient (Wildman–Crippen LogP) is 0.904. The summed E-state index contributed by atoms with van der Waals surface area (Å²) in [6.07, 6.45) is 4.48. The number of aliphatic hydroxyl groups excluding tert-OH is 1. The molecule has 0 aromatic carbocycles. The van der Waals surface area contributed by atoms with Crippen LogP contribution in [0.1, 0.15) is 43.3 Å². The first-order valence-corrected chi connectivity index (χ1v) is 5.88. The monoisotopic (exact) mass is 223 g/mol. The molecule has 0 saturated heterocycles. The molecular formula is C11H17N3O2. The molecular weight excluding hydrogens is 206 g/mol. The van der Waals surface area contributed by atoms with Crippen LogP contribution < -0.4 is 0 Å². The van der Waals surface area contributed by atoms with Gasteiger partial charge < -0.3 is 9.63 Å². The van der Waals surface area contributed by atoms with Crippen LogP contribution in [0.15, 0.2) is 4.52 Å². The third kappa shape index (κ3) is 1.74. The van der Waals surface area contributed by atoms with Crippen LogP contribution in [0.25, 0.3) is 0 Å². The van der Waals surface area contributed by atoms with Crippen molar-refractivity contribution < 1.29 is 9.63 Å². The van der Waals surface area contributed by atoms with Crippen molar-refractivity contribution in [2.45, 2.75) is 43.7 Å². The van der Waals surface area contributed by atoms with E-state index in [4.69, 9.17) is 4.52 Å². The molecule has 2 saturated carbocycles. The third-order valence-corrected chi connectivity index (χ3v) is 3.72. The van der Waals surface area contributed by atoms with Crippen molar-refractivity contribution >= 4 is 0 Å². The Balaban J connectivity index is 1.64. The van der Waals surface area contributed by atoms with Crippen LogP contribution >= 0.6 is 0 Å². The zero-order chi connectivity index (χ0) is 11.2. The van der Waals surface area contributed by atoms with Crippen molar-refractivity contribution in [1.82, 2.24) is 15.0 Å². The van der Waals surface area contributed by atoms with Crippen molar-refractivity contribution in [3.63, 3.8) is 0 Å². The minimum atomic E-state index is -0.0135. The Morgan fingerprint density at radius 2 is 2.25 bits per heavy atom. The van der Waals surface area contributed by atoms with Crippen molar-refractivity contribution in [2.75, 3.05) is 13.7 Å². The highest BCUT2D eigenvalue weighted by Crippen LogP contribution is 2.41. The zero-order valence-electron chi connectivity index (χ0n) is 9.52. The van der Waals surface area contributed by atoms with Gasteiger partial charge in [0, 0.05) is 11.5 Å². The molecule has 1 aromatic rings. The van der Waals surface area contributed by atoms with Crippen LogP contribution in [0.4, 0.5) is 0 Å². The fourth-order valence-corrected chi connectivity index (χ4v) is 2.01. The van der Waals surface area contributed by atoms with Crippen molar-refractivity contribution in [1.29, 1.82) is 0 Å². The molecule has 0 spiro atoms. The van der Waals surface area contributed by atoms with Crippen LogP contribution in [-0.2, 0) is 6.54 Å². The molecule has 0 atom stereocenters. The quantitative estimate of drug-likeness (QED) is 0.803. The highest BCUT2D eigenvalue weighted by Gasteiger charge is 2.46. The number of hydrogen-bond acceptors (Lipinski definition) is 5. The molecule has 88 valence electrons. The molecule has 0 amide bonds. The summed E-state index contributed by atoms with van der Waals surface area (Å²) in [5.41, 5.74) is -0.0135. The van der Waals surface area contributed by atoms with Crippen molar-refractivity contribution in [3.8, 4) is 0 Å². The van der Waals surface area contributed by atoms with Crippen molar-refractivity contribution in [2.24, 2.45) is 0 Å². The molecule has 0 aliphatic heterocycles. The second kappa shape index (κ2) is 3.53. The lowest BCUT2D eigenvalue weighted by Crippen LogP contribution is -2.36. The van der Waals surface area contributed by atoms with E-state index in [0.717, 1.165) is 24.6 Å². The molecule has 2 aliphatic rings. The summed E-state index contributed by atoms with van der Waals surface area (Å²) in [6.45, 7) is 0.883. The first-order chi connectivity index (χ1) is 7.73. The van der Waals surface area contributed by atoms with Gasteiger partial charge in [0.1, 0.15) is 0 Å². The molecule has 2 aliphatic carbocycles. The largest absolute Gasteiger partial charge is 0.394 e. The van der Waals surface area contributed by atoms with Crippen LogP contribution in [0, 0.1) is 0 Å². The minimum absolute atomic E-state index is 0.0135. The van der Waals surface area contributed by atoms with Gasteiger partial charge >= 0.3 is 0 Å². The SMILES string of the molecule is CN(Cc1noc(C2CC2)n1)C1(CO)CC1. The van der Waals surface area contributed by atoms with Crippen LogP contribution in [0.3, 0.4) is 0 Å². The molecule has 0 radical (unpaired) electrons. The van der Waals surface area contributed by atoms with Gasteiger partial charge in [-0.05, 0) is 32.7 Å². The smallest absolute Gasteiger partial charge is 0.229 e. The van der Waals surface area contributed by atoms with E-state index >= 15 is 0 Å². The average molecular weight is 223 g/mol. The van der Waals surface area contributed by atoms with E-state index in [1.807, 2.05) is 7.05 Å². The van der Waals surface area contributed by atoms with Gasteiger partial charge in [-0.15, -0.1) is 0 Å². The zero-order valence-corrected chi connectivity index (χ0v) is 9.52. The molecule has 0 unspecified atom stereocenters. The Morgan fingerprint density at radius 3 is 2.81 bits per heavy atom. The van der Waals surface area contributed by atoms with Gasteiger partial charge in [0.05, 0.1) is 13.2 Å². The maximum absolute atomic E-state index is 9.30. The van der Waals surface area contributed by atoms with Gasteiger partial charge in [0.15, 0.2) is 5.82 Å². The fourth-order valence-electron chi connectivity index (χ4n) is 2.01. The normalized spacial score (nSPS) is 22.7. The summed E-state index contributed by atoms with van der Waals surface area (Å²) in [5, 5.41) is 13.3. The Labute approximate surface area is 94.4 Å². The van der Waals surface area contributed by atoms with Gasteiger partial charge in [0.25, 0.3) is 0 Å². The van der Waals surface area contributed by atoms with Gasteiger partial charge in [-0.2, -0.15) is 4.98 Å². The Hall–Kier alpha value is -0.940. The summed E-state index contributed by atoms with van der Waals surface area (Å²) < 4.78 is 5.21. The summed E-state index contributed by atoms with van der Waals surface area (Å²) in [6, 6.07) is 0. The number of nitrogens with zero attached hydrogens (tertiary/aromatic N) is 3. The average Bonchev–Trinajstić information content (AvgIpc) is 3.19. The van der Waals surface area contributed by atoms with E-state index in [0.29, 0.717) is 12.5 Å². The molecule has 1 N–H and O–H groups in total.